The van der Waals surface area contributed by atoms with Crippen LogP contribution in [0.3, 0.4) is 0 Å². The molecule has 0 bridgehead atoms. The van der Waals surface area contributed by atoms with Crippen LogP contribution in [0.5, 0.6) is 0 Å². The summed E-state index contributed by atoms with van der Waals surface area (Å²) in [5, 5.41) is 9.47. The summed E-state index contributed by atoms with van der Waals surface area (Å²) in [6.07, 6.45) is 0. The van der Waals surface area contributed by atoms with Gasteiger partial charge in [0.2, 0.25) is 0 Å². The summed E-state index contributed by atoms with van der Waals surface area (Å²) >= 11 is 0. The largest absolute Gasteiger partial charge is 0.453 e. The van der Waals surface area contributed by atoms with E-state index in [0.717, 1.165) is 44.6 Å². The maximum absolute atomic E-state index is 7.45. The number of furan rings is 1. The molecule has 0 unspecified atom stereocenters. The monoisotopic (exact) mass is 799 g/mol. The van der Waals surface area contributed by atoms with Gasteiger partial charge in [-0.3, -0.25) is 0 Å². The molecule has 2 aliphatic carbocycles. The van der Waals surface area contributed by atoms with Gasteiger partial charge < -0.3 is 9.32 Å². The molecule has 0 fully saturated rings. The van der Waals surface area contributed by atoms with Crippen molar-refractivity contribution in [3.63, 3.8) is 0 Å². The van der Waals surface area contributed by atoms with Crippen LogP contribution in [0.2, 0.25) is 0 Å². The Balaban J connectivity index is 1.06. The van der Waals surface area contributed by atoms with Crippen LogP contribution in [0.15, 0.2) is 229 Å². The Kier molecular flexibility index (Phi) is 7.07. The highest BCUT2D eigenvalue weighted by molar-refractivity contribution is 6.24. The van der Waals surface area contributed by atoms with E-state index in [0.29, 0.717) is 0 Å². The van der Waals surface area contributed by atoms with Gasteiger partial charge in [-0.05, 0) is 125 Å². The molecule has 0 saturated heterocycles. The third kappa shape index (κ3) is 4.62. The lowest BCUT2D eigenvalue weighted by atomic mass is 9.70. The molecule has 0 aliphatic heterocycles. The zero-order valence-corrected chi connectivity index (χ0v) is 34.2. The Bertz CT molecular complexity index is 3810. The number of hydrogen-bond acceptors (Lipinski definition) is 2. The topological polar surface area (TPSA) is 16.4 Å². The molecule has 2 heteroatoms. The van der Waals surface area contributed by atoms with E-state index >= 15 is 0 Å². The number of para-hydroxylation sites is 2. The van der Waals surface area contributed by atoms with Crippen LogP contribution in [-0.4, -0.2) is 0 Å². The van der Waals surface area contributed by atoms with E-state index in [-0.39, 0.29) is 0 Å². The zero-order chi connectivity index (χ0) is 41.2. The molecular formula is C61H37NO. The summed E-state index contributed by atoms with van der Waals surface area (Å²) in [5.41, 5.74) is 17.2. The van der Waals surface area contributed by atoms with Crippen LogP contribution in [0, 0.1) is 0 Å². The fraction of sp³-hybridized carbons (Fsp3) is 0.0164. The first-order valence-corrected chi connectivity index (χ1v) is 21.8. The van der Waals surface area contributed by atoms with Gasteiger partial charge in [-0.1, -0.05) is 182 Å². The molecule has 292 valence electrons. The standard InChI is InChI=1S/C61H37NO/c1-2-19-40(20-3-1)62(41-33-34-49-48-27-12-15-31-55(48)61(56(49)37-41)53-29-13-10-25-46(53)47-26-11-14-30-54(47)61)57-32-16-28-50-52-36-39-18-5-7-22-43(39)58(60(52)63-59(50)57)51-35-38-17-4-6-21-42(38)44-23-8-9-24-45(44)51/h1-37H. The summed E-state index contributed by atoms with van der Waals surface area (Å²) in [6, 6.07) is 82.6. The van der Waals surface area contributed by atoms with E-state index in [1.54, 1.807) is 0 Å². The second kappa shape index (κ2) is 12.9. The first kappa shape index (κ1) is 34.5. The van der Waals surface area contributed by atoms with Crippen LogP contribution in [-0.2, 0) is 5.41 Å². The Morgan fingerprint density at radius 1 is 0.302 bits per heavy atom. The number of benzene rings is 11. The molecule has 2 nitrogen and oxygen atoms in total. The van der Waals surface area contributed by atoms with Crippen molar-refractivity contribution in [1.82, 2.24) is 0 Å². The summed E-state index contributed by atoms with van der Waals surface area (Å²) < 4.78 is 7.45. The van der Waals surface area contributed by atoms with Crippen molar-refractivity contribution in [1.29, 1.82) is 0 Å². The van der Waals surface area contributed by atoms with Gasteiger partial charge in [-0.15, -0.1) is 0 Å². The Morgan fingerprint density at radius 2 is 0.841 bits per heavy atom. The van der Waals surface area contributed by atoms with Crippen molar-refractivity contribution in [2.24, 2.45) is 0 Å². The molecular weight excluding hydrogens is 763 g/mol. The second-order valence-electron chi connectivity index (χ2n) is 17.1. The molecule has 2 aliphatic rings. The minimum absolute atomic E-state index is 0.458. The lowest BCUT2D eigenvalue weighted by Gasteiger charge is -2.32. The van der Waals surface area contributed by atoms with Crippen molar-refractivity contribution < 1.29 is 4.42 Å². The average molecular weight is 800 g/mol. The molecule has 1 spiro atoms. The van der Waals surface area contributed by atoms with Crippen molar-refractivity contribution in [3.8, 4) is 33.4 Å². The van der Waals surface area contributed by atoms with E-state index in [1.807, 2.05) is 0 Å². The summed E-state index contributed by atoms with van der Waals surface area (Å²) in [4.78, 5) is 2.40. The molecule has 0 amide bonds. The maximum Gasteiger partial charge on any atom is 0.159 e. The third-order valence-electron chi connectivity index (χ3n) is 14.0. The fourth-order valence-electron chi connectivity index (χ4n) is 11.5. The first-order valence-electron chi connectivity index (χ1n) is 21.8. The lowest BCUT2D eigenvalue weighted by molar-refractivity contribution is 0.670. The first-order chi connectivity index (χ1) is 31.3. The summed E-state index contributed by atoms with van der Waals surface area (Å²) in [5.74, 6) is 0. The van der Waals surface area contributed by atoms with E-state index in [4.69, 9.17) is 4.42 Å². The summed E-state index contributed by atoms with van der Waals surface area (Å²) in [6.45, 7) is 0. The van der Waals surface area contributed by atoms with E-state index in [9.17, 15) is 0 Å². The smallest absolute Gasteiger partial charge is 0.159 e. The number of rotatable bonds is 4. The second-order valence-corrected chi connectivity index (χ2v) is 17.1. The highest BCUT2D eigenvalue weighted by Gasteiger charge is 2.51. The lowest BCUT2D eigenvalue weighted by Crippen LogP contribution is -2.26. The van der Waals surface area contributed by atoms with Crippen LogP contribution in [0.4, 0.5) is 17.1 Å². The Morgan fingerprint density at radius 3 is 1.54 bits per heavy atom. The molecule has 0 saturated carbocycles. The molecule has 1 aromatic heterocycles. The molecule has 14 rings (SSSR count). The van der Waals surface area contributed by atoms with Gasteiger partial charge in [-0.25, -0.2) is 0 Å². The van der Waals surface area contributed by atoms with Crippen LogP contribution >= 0.6 is 0 Å². The van der Waals surface area contributed by atoms with Crippen LogP contribution in [0.25, 0.3) is 87.6 Å². The van der Waals surface area contributed by atoms with Gasteiger partial charge in [0.25, 0.3) is 0 Å². The average Bonchev–Trinajstić information content (AvgIpc) is 3.98. The molecule has 11 aromatic carbocycles. The predicted molar refractivity (Wildman–Crippen MR) is 263 cm³/mol. The van der Waals surface area contributed by atoms with E-state index in [2.05, 4.69) is 229 Å². The Labute approximate surface area is 364 Å². The number of anilines is 3. The van der Waals surface area contributed by atoms with Crippen molar-refractivity contribution in [2.75, 3.05) is 4.90 Å². The van der Waals surface area contributed by atoms with Crippen LogP contribution in [0.1, 0.15) is 22.3 Å². The zero-order valence-electron chi connectivity index (χ0n) is 34.2. The minimum atomic E-state index is -0.458. The van der Waals surface area contributed by atoms with Gasteiger partial charge in [0.1, 0.15) is 5.58 Å². The highest BCUT2D eigenvalue weighted by Crippen LogP contribution is 2.63. The molecule has 63 heavy (non-hydrogen) atoms. The number of fused-ring (bicyclic) bond motifs is 17. The van der Waals surface area contributed by atoms with Gasteiger partial charge in [0.05, 0.1) is 11.1 Å². The van der Waals surface area contributed by atoms with Gasteiger partial charge >= 0.3 is 0 Å². The van der Waals surface area contributed by atoms with Gasteiger partial charge in [0, 0.05) is 27.7 Å². The molecule has 12 aromatic rings. The highest BCUT2D eigenvalue weighted by atomic mass is 16.3. The maximum atomic E-state index is 7.45. The molecule has 0 N–H and O–H groups in total. The van der Waals surface area contributed by atoms with Gasteiger partial charge in [0.15, 0.2) is 5.58 Å². The summed E-state index contributed by atoms with van der Waals surface area (Å²) in [7, 11) is 0. The SMILES string of the molecule is c1ccc(N(c2ccc3c(c2)C2(c4ccccc4-c4ccccc42)c2ccccc2-3)c2cccc3c2oc2c(-c4cc5ccccc5c5ccccc45)c4ccccc4cc23)cc1. The molecule has 1 heterocycles. The minimum Gasteiger partial charge on any atom is -0.453 e. The van der Waals surface area contributed by atoms with Crippen molar-refractivity contribution >= 4 is 71.3 Å². The van der Waals surface area contributed by atoms with Crippen molar-refractivity contribution in [3.05, 3.63) is 247 Å². The van der Waals surface area contributed by atoms with Crippen molar-refractivity contribution in [2.45, 2.75) is 5.41 Å². The fourth-order valence-corrected chi connectivity index (χ4v) is 11.5. The van der Waals surface area contributed by atoms with E-state index in [1.165, 1.54) is 82.4 Å². The molecule has 0 atom stereocenters. The normalized spacial score (nSPS) is 13.2. The Hall–Kier alpha value is -8.20. The van der Waals surface area contributed by atoms with E-state index < -0.39 is 5.41 Å². The number of hydrogen-bond donors (Lipinski definition) is 0. The third-order valence-corrected chi connectivity index (χ3v) is 14.0. The quantitative estimate of drug-likeness (QED) is 0.165. The van der Waals surface area contributed by atoms with Crippen LogP contribution < -0.4 is 4.90 Å². The van der Waals surface area contributed by atoms with Gasteiger partial charge in [-0.2, -0.15) is 0 Å². The molecule has 0 radical (unpaired) electrons. The number of nitrogens with zero attached hydrogens (tertiary/aromatic N) is 1. The predicted octanol–water partition coefficient (Wildman–Crippen LogP) is 16.5.